The molecule has 3 N–H and O–H groups in total. The molecule has 0 radical (unpaired) electrons. The van der Waals surface area contributed by atoms with E-state index in [4.69, 9.17) is 15.6 Å². The van der Waals surface area contributed by atoms with Gasteiger partial charge in [0.05, 0.1) is 19.8 Å². The normalized spacial score (nSPS) is 12.0. The number of hydrogen-bond donors (Lipinski definition) is 2. The van der Waals surface area contributed by atoms with Gasteiger partial charge in [0.2, 0.25) is 5.91 Å². The fraction of sp³-hybridized carbons (Fsp3) is 0.500. The van der Waals surface area contributed by atoms with E-state index < -0.39 is 6.04 Å². The molecule has 1 atom stereocenters. The van der Waals surface area contributed by atoms with Crippen molar-refractivity contribution in [2.45, 2.75) is 25.9 Å². The molecule has 5 nitrogen and oxygen atoms in total. The average Bonchev–Trinajstić information content (AvgIpc) is 2.45. The molecule has 0 aliphatic rings. The molecule has 0 aliphatic heterocycles. The Labute approximate surface area is 114 Å². The summed E-state index contributed by atoms with van der Waals surface area (Å²) in [4.78, 5) is 13.7. The van der Waals surface area contributed by atoms with Crippen LogP contribution >= 0.6 is 0 Å². The monoisotopic (exact) mass is 266 g/mol. The zero-order valence-corrected chi connectivity index (χ0v) is 11.5. The lowest BCUT2D eigenvalue weighted by Gasteiger charge is -2.25. The fourth-order valence-electron chi connectivity index (χ4n) is 1.84. The molecule has 0 saturated heterocycles. The first-order valence-corrected chi connectivity index (χ1v) is 6.41. The number of rotatable bonds is 7. The number of nitrogens with zero attached hydrogens (tertiary/aromatic N) is 1. The minimum absolute atomic E-state index is 0.0860. The molecule has 106 valence electrons. The van der Waals surface area contributed by atoms with Crippen LogP contribution in [0.1, 0.15) is 18.9 Å². The van der Waals surface area contributed by atoms with Gasteiger partial charge in [-0.3, -0.25) is 4.79 Å². The maximum absolute atomic E-state index is 12.1. The molecular formula is C14H22N2O3. The van der Waals surface area contributed by atoms with Crippen molar-refractivity contribution in [1.82, 2.24) is 4.90 Å². The highest BCUT2D eigenvalue weighted by molar-refractivity contribution is 5.81. The van der Waals surface area contributed by atoms with Gasteiger partial charge in [-0.2, -0.15) is 0 Å². The highest BCUT2D eigenvalue weighted by Crippen LogP contribution is 2.19. The first kappa shape index (κ1) is 15.5. The van der Waals surface area contributed by atoms with E-state index in [1.54, 1.807) is 12.0 Å². The Hall–Kier alpha value is -1.59. The maximum atomic E-state index is 12.1. The Morgan fingerprint density at radius 2 is 2.16 bits per heavy atom. The maximum Gasteiger partial charge on any atom is 0.239 e. The summed E-state index contributed by atoms with van der Waals surface area (Å²) in [5, 5.41) is 9.08. The van der Waals surface area contributed by atoms with Gasteiger partial charge in [0.15, 0.2) is 0 Å². The van der Waals surface area contributed by atoms with Crippen LogP contribution < -0.4 is 10.5 Å². The summed E-state index contributed by atoms with van der Waals surface area (Å²) in [6.07, 6.45) is 0.576. The smallest absolute Gasteiger partial charge is 0.239 e. The minimum atomic E-state index is -0.527. The fourth-order valence-corrected chi connectivity index (χ4v) is 1.84. The predicted octanol–water partition coefficient (Wildman–Crippen LogP) is 0.753. The van der Waals surface area contributed by atoms with Crippen molar-refractivity contribution in [1.29, 1.82) is 0 Å². The van der Waals surface area contributed by atoms with Gasteiger partial charge in [-0.1, -0.05) is 25.1 Å². The van der Waals surface area contributed by atoms with E-state index in [0.29, 0.717) is 13.0 Å². The molecular weight excluding hydrogens is 244 g/mol. The van der Waals surface area contributed by atoms with Crippen molar-refractivity contribution >= 4 is 5.91 Å². The molecule has 0 spiro atoms. The lowest BCUT2D eigenvalue weighted by Crippen LogP contribution is -2.44. The Kier molecular flexibility index (Phi) is 6.32. The first-order chi connectivity index (χ1) is 9.13. The highest BCUT2D eigenvalue weighted by atomic mass is 16.5. The summed E-state index contributed by atoms with van der Waals surface area (Å²) in [5.41, 5.74) is 6.67. The van der Waals surface area contributed by atoms with Crippen molar-refractivity contribution in [3.05, 3.63) is 29.8 Å². The van der Waals surface area contributed by atoms with Crippen molar-refractivity contribution in [3.63, 3.8) is 0 Å². The molecule has 0 fully saturated rings. The summed E-state index contributed by atoms with van der Waals surface area (Å²) in [6, 6.07) is 6.98. The van der Waals surface area contributed by atoms with Gasteiger partial charge in [0.25, 0.3) is 0 Å². The zero-order valence-electron chi connectivity index (χ0n) is 11.5. The Morgan fingerprint density at radius 1 is 1.47 bits per heavy atom. The molecule has 0 unspecified atom stereocenters. The van der Waals surface area contributed by atoms with Gasteiger partial charge >= 0.3 is 0 Å². The molecule has 0 heterocycles. The largest absolute Gasteiger partial charge is 0.496 e. The molecule has 0 aromatic heterocycles. The zero-order chi connectivity index (χ0) is 14.3. The van der Waals surface area contributed by atoms with Crippen LogP contribution in [-0.2, 0) is 11.3 Å². The van der Waals surface area contributed by atoms with Crippen LogP contribution in [0.3, 0.4) is 0 Å². The number of carbonyl (C=O) groups excluding carboxylic acids is 1. The van der Waals surface area contributed by atoms with Crippen molar-refractivity contribution in [3.8, 4) is 5.75 Å². The number of aliphatic hydroxyl groups excluding tert-OH is 1. The minimum Gasteiger partial charge on any atom is -0.496 e. The van der Waals surface area contributed by atoms with Crippen LogP contribution in [0, 0.1) is 0 Å². The number of aliphatic hydroxyl groups is 1. The molecule has 0 bridgehead atoms. The summed E-state index contributed by atoms with van der Waals surface area (Å²) in [5.74, 6) is 0.575. The number of methoxy groups -OCH3 is 1. The SMILES string of the molecule is CC[C@H](N)C(=O)N(CCO)Cc1ccccc1OC. The number of hydrogen-bond acceptors (Lipinski definition) is 4. The van der Waals surface area contributed by atoms with Gasteiger partial charge in [0.1, 0.15) is 5.75 Å². The number of ether oxygens (including phenoxy) is 1. The van der Waals surface area contributed by atoms with Crippen molar-refractivity contribution < 1.29 is 14.6 Å². The third kappa shape index (κ3) is 4.22. The van der Waals surface area contributed by atoms with Crippen LogP contribution in [0.2, 0.25) is 0 Å². The standard InChI is InChI=1S/C14H22N2O3/c1-3-12(15)14(18)16(8-9-17)10-11-6-4-5-7-13(11)19-2/h4-7,12,17H,3,8-10,15H2,1-2H3/t12-/m0/s1. The number of nitrogens with two attached hydrogens (primary N) is 1. The molecule has 19 heavy (non-hydrogen) atoms. The number of benzene rings is 1. The quantitative estimate of drug-likeness (QED) is 0.763. The topological polar surface area (TPSA) is 75.8 Å². The molecule has 1 aromatic carbocycles. The highest BCUT2D eigenvalue weighted by Gasteiger charge is 2.20. The van der Waals surface area contributed by atoms with Gasteiger partial charge < -0.3 is 20.5 Å². The third-order valence-corrected chi connectivity index (χ3v) is 2.99. The van der Waals surface area contributed by atoms with Gasteiger partial charge in [0, 0.05) is 18.7 Å². The van der Waals surface area contributed by atoms with Crippen LogP contribution in [0.5, 0.6) is 5.75 Å². The summed E-state index contributed by atoms with van der Waals surface area (Å²) in [7, 11) is 1.59. The predicted molar refractivity (Wildman–Crippen MR) is 73.8 cm³/mol. The van der Waals surface area contributed by atoms with Crippen LogP contribution in [0.4, 0.5) is 0 Å². The average molecular weight is 266 g/mol. The van der Waals surface area contributed by atoms with E-state index in [2.05, 4.69) is 0 Å². The third-order valence-electron chi connectivity index (χ3n) is 2.99. The number of carbonyl (C=O) groups is 1. The van der Waals surface area contributed by atoms with Gasteiger partial charge in [-0.05, 0) is 12.5 Å². The second-order valence-electron chi connectivity index (χ2n) is 4.31. The molecule has 0 aliphatic carbocycles. The number of amides is 1. The van der Waals surface area contributed by atoms with Crippen LogP contribution in [-0.4, -0.2) is 42.2 Å². The van der Waals surface area contributed by atoms with E-state index in [0.717, 1.165) is 11.3 Å². The molecule has 5 heteroatoms. The molecule has 1 rings (SSSR count). The summed E-state index contributed by atoms with van der Waals surface area (Å²) < 4.78 is 5.26. The first-order valence-electron chi connectivity index (χ1n) is 6.41. The lowest BCUT2D eigenvalue weighted by atomic mass is 10.1. The lowest BCUT2D eigenvalue weighted by molar-refractivity contribution is -0.133. The summed E-state index contributed by atoms with van der Waals surface area (Å²) >= 11 is 0. The second-order valence-corrected chi connectivity index (χ2v) is 4.31. The van der Waals surface area contributed by atoms with Gasteiger partial charge in [-0.15, -0.1) is 0 Å². The second kappa shape index (κ2) is 7.76. The van der Waals surface area contributed by atoms with Crippen LogP contribution in [0.25, 0.3) is 0 Å². The van der Waals surface area contributed by atoms with E-state index in [9.17, 15) is 4.79 Å². The number of para-hydroxylation sites is 1. The Morgan fingerprint density at radius 3 is 2.74 bits per heavy atom. The van der Waals surface area contributed by atoms with E-state index in [1.165, 1.54) is 0 Å². The Bertz CT molecular complexity index is 409. The van der Waals surface area contributed by atoms with Gasteiger partial charge in [-0.25, -0.2) is 0 Å². The Balaban J connectivity index is 2.86. The van der Waals surface area contributed by atoms with E-state index in [-0.39, 0.29) is 19.1 Å². The molecule has 0 saturated carbocycles. The van der Waals surface area contributed by atoms with E-state index in [1.807, 2.05) is 31.2 Å². The van der Waals surface area contributed by atoms with Crippen molar-refractivity contribution in [2.24, 2.45) is 5.73 Å². The van der Waals surface area contributed by atoms with Crippen LogP contribution in [0.15, 0.2) is 24.3 Å². The molecule has 1 amide bonds. The van der Waals surface area contributed by atoms with E-state index >= 15 is 0 Å². The molecule has 1 aromatic rings. The summed E-state index contributed by atoms with van der Waals surface area (Å²) in [6.45, 7) is 2.43. The van der Waals surface area contributed by atoms with Crippen molar-refractivity contribution in [2.75, 3.05) is 20.3 Å².